The number of likely N-dealkylation sites (N-methyl/N-ethyl adjacent to an activating group) is 1. The zero-order chi connectivity index (χ0) is 15.4. The van der Waals surface area contributed by atoms with Crippen molar-refractivity contribution < 1.29 is 17.6 Å². The molecule has 0 aliphatic carbocycles. The van der Waals surface area contributed by atoms with Crippen LogP contribution in [0.5, 0.6) is 0 Å². The molecule has 0 spiro atoms. The van der Waals surface area contributed by atoms with Crippen LogP contribution in [-0.4, -0.2) is 6.54 Å². The summed E-state index contributed by atoms with van der Waals surface area (Å²) in [5.41, 5.74) is 0.367. The van der Waals surface area contributed by atoms with Crippen molar-refractivity contribution >= 4 is 0 Å². The lowest BCUT2D eigenvalue weighted by Gasteiger charge is -2.19. The van der Waals surface area contributed by atoms with Crippen LogP contribution in [0, 0.1) is 23.3 Å². The number of benzene rings is 2. The van der Waals surface area contributed by atoms with Gasteiger partial charge >= 0.3 is 0 Å². The highest BCUT2D eigenvalue weighted by Gasteiger charge is 2.18. The smallest absolute Gasteiger partial charge is 0.130 e. The van der Waals surface area contributed by atoms with Gasteiger partial charge in [0.15, 0.2) is 0 Å². The Kier molecular flexibility index (Phi) is 4.96. The fourth-order valence-electron chi connectivity index (χ4n) is 2.24. The second-order valence-corrected chi connectivity index (χ2v) is 4.72. The lowest BCUT2D eigenvalue weighted by molar-refractivity contribution is 0.490. The number of hydrogen-bond acceptors (Lipinski definition) is 1. The second kappa shape index (κ2) is 6.72. The lowest BCUT2D eigenvalue weighted by atomic mass is 9.97. The summed E-state index contributed by atoms with van der Waals surface area (Å²) in [4.78, 5) is 0. The molecule has 2 aromatic rings. The zero-order valence-corrected chi connectivity index (χ0v) is 11.5. The molecular formula is C16H15F4N. The van der Waals surface area contributed by atoms with Crippen LogP contribution in [0.1, 0.15) is 24.1 Å². The molecule has 1 atom stereocenters. The van der Waals surface area contributed by atoms with E-state index in [9.17, 15) is 17.6 Å². The fraction of sp³-hybridized carbons (Fsp3) is 0.250. The Morgan fingerprint density at radius 1 is 0.905 bits per heavy atom. The van der Waals surface area contributed by atoms with Crippen molar-refractivity contribution in [2.24, 2.45) is 0 Å². The number of hydrogen-bond donors (Lipinski definition) is 1. The molecule has 0 aromatic heterocycles. The maximum Gasteiger partial charge on any atom is 0.130 e. The van der Waals surface area contributed by atoms with Gasteiger partial charge in [0.1, 0.15) is 23.3 Å². The average molecular weight is 297 g/mol. The van der Waals surface area contributed by atoms with E-state index in [2.05, 4.69) is 5.32 Å². The van der Waals surface area contributed by atoms with Gasteiger partial charge in [-0.2, -0.15) is 0 Å². The predicted octanol–water partition coefficient (Wildman–Crippen LogP) is 4.14. The molecule has 0 bridgehead atoms. The van der Waals surface area contributed by atoms with E-state index in [1.165, 1.54) is 6.07 Å². The summed E-state index contributed by atoms with van der Waals surface area (Å²) in [6.07, 6.45) is 0.0694. The summed E-state index contributed by atoms with van der Waals surface area (Å²) in [6, 6.07) is 5.82. The first-order valence-corrected chi connectivity index (χ1v) is 6.63. The Morgan fingerprint density at radius 2 is 1.57 bits per heavy atom. The molecule has 0 fully saturated rings. The minimum atomic E-state index is -0.710. The van der Waals surface area contributed by atoms with Crippen LogP contribution in [0.4, 0.5) is 17.6 Å². The third-order valence-corrected chi connectivity index (χ3v) is 3.22. The van der Waals surface area contributed by atoms with E-state index in [1.807, 2.05) is 6.92 Å². The third kappa shape index (κ3) is 3.82. The van der Waals surface area contributed by atoms with Gasteiger partial charge in [-0.05, 0) is 42.8 Å². The van der Waals surface area contributed by atoms with E-state index in [0.717, 1.165) is 30.3 Å². The van der Waals surface area contributed by atoms with Crippen LogP contribution in [0.3, 0.4) is 0 Å². The molecule has 0 saturated carbocycles. The molecule has 112 valence electrons. The lowest BCUT2D eigenvalue weighted by Crippen LogP contribution is -2.24. The number of rotatable bonds is 5. The van der Waals surface area contributed by atoms with E-state index in [0.29, 0.717) is 6.54 Å². The maximum atomic E-state index is 13.9. The summed E-state index contributed by atoms with van der Waals surface area (Å²) in [7, 11) is 0. The minimum absolute atomic E-state index is 0.0694. The highest BCUT2D eigenvalue weighted by molar-refractivity contribution is 5.26. The summed E-state index contributed by atoms with van der Waals surface area (Å²) in [5.74, 6) is -2.50. The van der Waals surface area contributed by atoms with Crippen molar-refractivity contribution in [2.45, 2.75) is 19.4 Å². The summed E-state index contributed by atoms with van der Waals surface area (Å²) < 4.78 is 53.7. The van der Waals surface area contributed by atoms with Gasteiger partial charge in [-0.25, -0.2) is 17.6 Å². The van der Waals surface area contributed by atoms with Crippen LogP contribution in [0.25, 0.3) is 0 Å². The Balaban J connectivity index is 2.32. The van der Waals surface area contributed by atoms with Crippen LogP contribution >= 0.6 is 0 Å². The largest absolute Gasteiger partial charge is 0.310 e. The molecule has 1 nitrogen and oxygen atoms in total. The standard InChI is InChI=1S/C16H15F4N/c1-2-21-16(13-5-3-12(18)9-15(13)20)8-10-7-11(17)4-6-14(10)19/h3-7,9,16,21H,2,8H2,1H3. The fourth-order valence-corrected chi connectivity index (χ4v) is 2.24. The second-order valence-electron chi connectivity index (χ2n) is 4.72. The molecule has 0 heterocycles. The molecular weight excluding hydrogens is 282 g/mol. The predicted molar refractivity (Wildman–Crippen MR) is 72.8 cm³/mol. The molecule has 1 unspecified atom stereocenters. The van der Waals surface area contributed by atoms with Gasteiger partial charge in [0.25, 0.3) is 0 Å². The van der Waals surface area contributed by atoms with E-state index in [-0.39, 0.29) is 17.5 Å². The van der Waals surface area contributed by atoms with Crippen molar-refractivity contribution in [3.8, 4) is 0 Å². The first-order chi connectivity index (χ1) is 10.0. The monoisotopic (exact) mass is 297 g/mol. The molecule has 2 rings (SSSR count). The van der Waals surface area contributed by atoms with Gasteiger partial charge in [0.2, 0.25) is 0 Å². The van der Waals surface area contributed by atoms with Gasteiger partial charge in [-0.15, -0.1) is 0 Å². The van der Waals surface area contributed by atoms with Crippen molar-refractivity contribution in [3.63, 3.8) is 0 Å². The Bertz CT molecular complexity index is 628. The molecule has 0 radical (unpaired) electrons. The number of halogens is 4. The van der Waals surface area contributed by atoms with E-state index in [4.69, 9.17) is 0 Å². The zero-order valence-electron chi connectivity index (χ0n) is 11.5. The van der Waals surface area contributed by atoms with Gasteiger partial charge < -0.3 is 5.32 Å². The summed E-state index contributed by atoms with van der Waals surface area (Å²) in [6.45, 7) is 2.33. The SMILES string of the molecule is CCNC(Cc1cc(F)ccc1F)c1ccc(F)cc1F. The molecule has 21 heavy (non-hydrogen) atoms. The van der Waals surface area contributed by atoms with Crippen molar-refractivity contribution in [3.05, 3.63) is 70.8 Å². The quantitative estimate of drug-likeness (QED) is 0.818. The van der Waals surface area contributed by atoms with Crippen molar-refractivity contribution in [1.29, 1.82) is 0 Å². The normalized spacial score (nSPS) is 12.4. The molecule has 2 aromatic carbocycles. The topological polar surface area (TPSA) is 12.0 Å². The Morgan fingerprint density at radius 3 is 2.24 bits per heavy atom. The van der Waals surface area contributed by atoms with Crippen LogP contribution < -0.4 is 5.32 Å². The Labute approximate surface area is 120 Å². The summed E-state index contributed by atoms with van der Waals surface area (Å²) >= 11 is 0. The van der Waals surface area contributed by atoms with Gasteiger partial charge in [-0.3, -0.25) is 0 Å². The molecule has 5 heteroatoms. The van der Waals surface area contributed by atoms with Gasteiger partial charge in [-0.1, -0.05) is 13.0 Å². The summed E-state index contributed by atoms with van der Waals surface area (Å²) in [5, 5.41) is 3.00. The van der Waals surface area contributed by atoms with E-state index < -0.39 is 29.3 Å². The first-order valence-electron chi connectivity index (χ1n) is 6.63. The van der Waals surface area contributed by atoms with Crippen molar-refractivity contribution in [2.75, 3.05) is 6.54 Å². The van der Waals surface area contributed by atoms with E-state index in [1.54, 1.807) is 0 Å². The molecule has 0 saturated heterocycles. The number of nitrogens with one attached hydrogen (secondary N) is 1. The van der Waals surface area contributed by atoms with Crippen LogP contribution in [-0.2, 0) is 6.42 Å². The molecule has 0 aliphatic heterocycles. The maximum absolute atomic E-state index is 13.9. The first kappa shape index (κ1) is 15.5. The van der Waals surface area contributed by atoms with Gasteiger partial charge in [0.05, 0.1) is 0 Å². The van der Waals surface area contributed by atoms with Crippen molar-refractivity contribution in [1.82, 2.24) is 5.32 Å². The molecule has 1 N–H and O–H groups in total. The van der Waals surface area contributed by atoms with Crippen LogP contribution in [0.15, 0.2) is 36.4 Å². The average Bonchev–Trinajstić information content (AvgIpc) is 2.42. The van der Waals surface area contributed by atoms with E-state index >= 15 is 0 Å². The highest BCUT2D eigenvalue weighted by atomic mass is 19.1. The highest BCUT2D eigenvalue weighted by Crippen LogP contribution is 2.23. The molecule has 0 amide bonds. The molecule has 0 aliphatic rings. The van der Waals surface area contributed by atoms with Crippen LogP contribution in [0.2, 0.25) is 0 Å². The van der Waals surface area contributed by atoms with Gasteiger partial charge in [0, 0.05) is 17.7 Å². The third-order valence-electron chi connectivity index (χ3n) is 3.22. The minimum Gasteiger partial charge on any atom is -0.310 e. The Hall–Kier alpha value is -1.88.